The zero-order chi connectivity index (χ0) is 15.1. The van der Waals surface area contributed by atoms with Gasteiger partial charge in [-0.2, -0.15) is 0 Å². The number of hydrogen-bond donors (Lipinski definition) is 3. The van der Waals surface area contributed by atoms with Gasteiger partial charge in [0, 0.05) is 6.42 Å². The molecule has 1 rings (SSSR count). The number of hydrogen-bond acceptors (Lipinski definition) is 5. The van der Waals surface area contributed by atoms with Crippen molar-refractivity contribution in [2.24, 2.45) is 11.7 Å². The topological polar surface area (TPSA) is 110 Å². The molecule has 0 saturated heterocycles. The maximum Gasteiger partial charge on any atom is 0.239 e. The van der Waals surface area contributed by atoms with E-state index in [-0.39, 0.29) is 30.8 Å². The number of rotatable bonds is 7. The van der Waals surface area contributed by atoms with Gasteiger partial charge >= 0.3 is 0 Å². The first kappa shape index (κ1) is 16.2. The normalized spacial score (nSPS) is 12.2. The van der Waals surface area contributed by atoms with E-state index in [1.54, 1.807) is 6.20 Å². The molecule has 0 fully saturated rings. The summed E-state index contributed by atoms with van der Waals surface area (Å²) in [6, 6.07) is -0.610. The molecule has 7 heteroatoms. The third-order valence-corrected chi connectivity index (χ3v) is 2.83. The van der Waals surface area contributed by atoms with Gasteiger partial charge in [0.1, 0.15) is 5.76 Å². The Morgan fingerprint density at radius 3 is 2.65 bits per heavy atom. The maximum absolute atomic E-state index is 11.6. The Balaban J connectivity index is 2.28. The molecule has 1 atom stereocenters. The summed E-state index contributed by atoms with van der Waals surface area (Å²) in [6.45, 7) is 5.73. The molecular formula is C13H22N4O3. The Labute approximate surface area is 118 Å². The van der Waals surface area contributed by atoms with Gasteiger partial charge in [-0.3, -0.25) is 9.59 Å². The molecule has 0 bridgehead atoms. The van der Waals surface area contributed by atoms with Crippen LogP contribution in [-0.2, 0) is 22.6 Å². The number of aryl methyl sites for hydroxylation is 1. The van der Waals surface area contributed by atoms with Crippen molar-refractivity contribution in [1.82, 2.24) is 15.6 Å². The van der Waals surface area contributed by atoms with E-state index in [0.717, 1.165) is 12.2 Å². The molecule has 0 spiro atoms. The van der Waals surface area contributed by atoms with Crippen LogP contribution in [0, 0.1) is 5.92 Å². The van der Waals surface area contributed by atoms with E-state index in [0.29, 0.717) is 5.89 Å². The van der Waals surface area contributed by atoms with Gasteiger partial charge in [0.05, 0.1) is 25.3 Å². The fraction of sp³-hybridized carbons (Fsp3) is 0.615. The van der Waals surface area contributed by atoms with Crippen LogP contribution in [0.2, 0.25) is 0 Å². The Bertz CT molecular complexity index is 456. The minimum atomic E-state index is -0.610. The molecule has 7 nitrogen and oxygen atoms in total. The molecule has 1 aromatic rings. The third kappa shape index (κ3) is 5.00. The smallest absolute Gasteiger partial charge is 0.239 e. The van der Waals surface area contributed by atoms with E-state index in [1.807, 2.05) is 20.8 Å². The van der Waals surface area contributed by atoms with Crippen LogP contribution in [0.25, 0.3) is 0 Å². The number of carbonyl (C=O) groups is 2. The van der Waals surface area contributed by atoms with Crippen LogP contribution in [0.1, 0.15) is 32.4 Å². The number of nitrogens with two attached hydrogens (primary N) is 1. The average molecular weight is 282 g/mol. The zero-order valence-corrected chi connectivity index (χ0v) is 12.1. The monoisotopic (exact) mass is 282 g/mol. The van der Waals surface area contributed by atoms with E-state index in [4.69, 9.17) is 10.2 Å². The lowest BCUT2D eigenvalue weighted by molar-refractivity contribution is -0.127. The maximum atomic E-state index is 11.6. The minimum Gasteiger partial charge on any atom is -0.444 e. The first-order valence-electron chi connectivity index (χ1n) is 6.67. The third-order valence-electron chi connectivity index (χ3n) is 2.83. The van der Waals surface area contributed by atoms with Crippen LogP contribution in [0.4, 0.5) is 0 Å². The molecule has 2 amide bonds. The molecule has 112 valence electrons. The van der Waals surface area contributed by atoms with Crippen LogP contribution in [0.5, 0.6) is 0 Å². The van der Waals surface area contributed by atoms with Gasteiger partial charge in [-0.05, 0) is 5.92 Å². The largest absolute Gasteiger partial charge is 0.444 e. The second-order valence-corrected chi connectivity index (χ2v) is 4.84. The second kappa shape index (κ2) is 7.64. The summed E-state index contributed by atoms with van der Waals surface area (Å²) in [5.41, 5.74) is 5.66. The number of nitrogens with one attached hydrogen (secondary N) is 2. The average Bonchev–Trinajstić information content (AvgIpc) is 2.89. The van der Waals surface area contributed by atoms with Gasteiger partial charge in [0.25, 0.3) is 0 Å². The number of amides is 2. The summed E-state index contributed by atoms with van der Waals surface area (Å²) >= 11 is 0. The molecule has 1 heterocycles. The predicted molar refractivity (Wildman–Crippen MR) is 73.6 cm³/mol. The second-order valence-electron chi connectivity index (χ2n) is 4.84. The molecule has 4 N–H and O–H groups in total. The van der Waals surface area contributed by atoms with Crippen molar-refractivity contribution in [2.45, 2.75) is 39.8 Å². The number of carbonyl (C=O) groups excluding carboxylic acids is 2. The van der Waals surface area contributed by atoms with Gasteiger partial charge in [0.15, 0.2) is 0 Å². The predicted octanol–water partition coefficient (Wildman–Crippen LogP) is -0.0473. The van der Waals surface area contributed by atoms with Gasteiger partial charge in [0.2, 0.25) is 17.7 Å². The molecule has 0 unspecified atom stereocenters. The van der Waals surface area contributed by atoms with Crippen molar-refractivity contribution < 1.29 is 14.0 Å². The molecule has 0 aliphatic heterocycles. The SMILES string of the molecule is CCc1cnc(CNC(=O)CNC(=O)[C@@H](N)C(C)C)o1. The van der Waals surface area contributed by atoms with Gasteiger partial charge in [-0.25, -0.2) is 4.98 Å². The van der Waals surface area contributed by atoms with E-state index >= 15 is 0 Å². The van der Waals surface area contributed by atoms with E-state index in [9.17, 15) is 9.59 Å². The van der Waals surface area contributed by atoms with Crippen molar-refractivity contribution in [3.05, 3.63) is 17.8 Å². The molecule has 0 radical (unpaired) electrons. The lowest BCUT2D eigenvalue weighted by Crippen LogP contribution is -2.47. The lowest BCUT2D eigenvalue weighted by atomic mass is 10.1. The summed E-state index contributed by atoms with van der Waals surface area (Å²) in [6.07, 6.45) is 2.38. The lowest BCUT2D eigenvalue weighted by Gasteiger charge is -2.14. The Morgan fingerprint density at radius 1 is 1.40 bits per heavy atom. The number of oxazole rings is 1. The fourth-order valence-corrected chi connectivity index (χ4v) is 1.42. The Hall–Kier alpha value is -1.89. The highest BCUT2D eigenvalue weighted by Crippen LogP contribution is 2.03. The summed E-state index contributed by atoms with van der Waals surface area (Å²) in [5.74, 6) is 0.591. The summed E-state index contributed by atoms with van der Waals surface area (Å²) in [4.78, 5) is 27.1. The number of aromatic nitrogens is 1. The molecule has 0 saturated carbocycles. The molecule has 0 aliphatic carbocycles. The van der Waals surface area contributed by atoms with Crippen LogP contribution < -0.4 is 16.4 Å². The highest BCUT2D eigenvalue weighted by atomic mass is 16.4. The zero-order valence-electron chi connectivity index (χ0n) is 12.1. The molecular weight excluding hydrogens is 260 g/mol. The van der Waals surface area contributed by atoms with Crippen molar-refractivity contribution in [3.63, 3.8) is 0 Å². The minimum absolute atomic E-state index is 0.0258. The standard InChI is InChI=1S/C13H22N4O3/c1-4-9-5-16-11(20-9)7-15-10(18)6-17-13(19)12(14)8(2)3/h5,8,12H,4,6-7,14H2,1-3H3,(H,15,18)(H,17,19)/t12-/m0/s1. The molecule has 20 heavy (non-hydrogen) atoms. The van der Waals surface area contributed by atoms with E-state index in [1.165, 1.54) is 0 Å². The fourth-order valence-electron chi connectivity index (χ4n) is 1.42. The number of nitrogens with zero attached hydrogens (tertiary/aromatic N) is 1. The summed E-state index contributed by atoms with van der Waals surface area (Å²) in [7, 11) is 0. The van der Waals surface area contributed by atoms with Crippen LogP contribution >= 0.6 is 0 Å². The summed E-state index contributed by atoms with van der Waals surface area (Å²) in [5, 5.41) is 5.10. The highest BCUT2D eigenvalue weighted by molar-refractivity contribution is 5.87. The van der Waals surface area contributed by atoms with Crippen LogP contribution in [-0.4, -0.2) is 29.4 Å². The van der Waals surface area contributed by atoms with Gasteiger partial charge in [-0.1, -0.05) is 20.8 Å². The van der Waals surface area contributed by atoms with Crippen molar-refractivity contribution in [1.29, 1.82) is 0 Å². The van der Waals surface area contributed by atoms with Gasteiger partial charge in [-0.15, -0.1) is 0 Å². The van der Waals surface area contributed by atoms with E-state index < -0.39 is 6.04 Å². The van der Waals surface area contributed by atoms with Crippen LogP contribution in [0.15, 0.2) is 10.6 Å². The van der Waals surface area contributed by atoms with Crippen molar-refractivity contribution in [2.75, 3.05) is 6.54 Å². The Kier molecular flexibility index (Phi) is 6.17. The molecule has 1 aromatic heterocycles. The van der Waals surface area contributed by atoms with E-state index in [2.05, 4.69) is 15.6 Å². The van der Waals surface area contributed by atoms with Crippen molar-refractivity contribution >= 4 is 11.8 Å². The highest BCUT2D eigenvalue weighted by Gasteiger charge is 2.17. The molecule has 0 aromatic carbocycles. The first-order chi connectivity index (χ1) is 9.43. The summed E-state index contributed by atoms with van der Waals surface area (Å²) < 4.78 is 5.35. The molecule has 0 aliphatic rings. The van der Waals surface area contributed by atoms with Gasteiger partial charge < -0.3 is 20.8 Å². The quantitative estimate of drug-likeness (QED) is 0.649. The van der Waals surface area contributed by atoms with Crippen molar-refractivity contribution in [3.8, 4) is 0 Å². The van der Waals surface area contributed by atoms with Crippen LogP contribution in [0.3, 0.4) is 0 Å². The first-order valence-corrected chi connectivity index (χ1v) is 6.67. The Morgan fingerprint density at radius 2 is 2.10 bits per heavy atom.